The highest BCUT2D eigenvalue weighted by Gasteiger charge is 2.07. The maximum atomic E-state index is 5.67. The molecule has 0 saturated heterocycles. The molecule has 0 aliphatic carbocycles. The summed E-state index contributed by atoms with van der Waals surface area (Å²) in [6.45, 7) is 2.78. The minimum absolute atomic E-state index is 0.698. The van der Waals surface area contributed by atoms with Crippen molar-refractivity contribution in [2.75, 3.05) is 17.7 Å². The fraction of sp³-hybridized carbons (Fsp3) is 0.273. The molecular formula is C11H14N4S. The van der Waals surface area contributed by atoms with E-state index >= 15 is 0 Å². The van der Waals surface area contributed by atoms with Crippen molar-refractivity contribution >= 4 is 22.8 Å². The van der Waals surface area contributed by atoms with E-state index in [2.05, 4.69) is 14.9 Å². The lowest BCUT2D eigenvalue weighted by Gasteiger charge is -2.19. The number of anilines is 2. The Morgan fingerprint density at radius 3 is 2.88 bits per heavy atom. The van der Waals surface area contributed by atoms with E-state index in [4.69, 9.17) is 5.73 Å². The summed E-state index contributed by atoms with van der Waals surface area (Å²) in [7, 11) is 2.00. The molecule has 0 aliphatic heterocycles. The quantitative estimate of drug-likeness (QED) is 0.883. The minimum Gasteiger partial charge on any atom is -0.397 e. The normalized spacial score (nSPS) is 10.4. The molecule has 0 amide bonds. The van der Waals surface area contributed by atoms with Crippen LogP contribution in [-0.4, -0.2) is 17.0 Å². The molecule has 16 heavy (non-hydrogen) atoms. The van der Waals surface area contributed by atoms with Crippen molar-refractivity contribution in [2.24, 2.45) is 0 Å². The largest absolute Gasteiger partial charge is 0.397 e. The molecule has 0 radical (unpaired) electrons. The second kappa shape index (κ2) is 4.49. The van der Waals surface area contributed by atoms with Crippen LogP contribution in [0, 0.1) is 6.92 Å². The SMILES string of the molecule is Cc1cc(N)cnc1N(C)Cc1cscn1. The van der Waals surface area contributed by atoms with Gasteiger partial charge in [-0.1, -0.05) is 0 Å². The molecule has 2 heterocycles. The van der Waals surface area contributed by atoms with Crippen molar-refractivity contribution in [3.05, 3.63) is 34.4 Å². The maximum absolute atomic E-state index is 5.67. The smallest absolute Gasteiger partial charge is 0.131 e. The average molecular weight is 234 g/mol. The van der Waals surface area contributed by atoms with Gasteiger partial charge in [0.2, 0.25) is 0 Å². The first-order valence-corrected chi connectivity index (χ1v) is 5.91. The highest BCUT2D eigenvalue weighted by atomic mass is 32.1. The van der Waals surface area contributed by atoms with Crippen LogP contribution in [0.25, 0.3) is 0 Å². The molecule has 0 fully saturated rings. The van der Waals surface area contributed by atoms with Gasteiger partial charge in [-0.25, -0.2) is 9.97 Å². The Balaban J connectivity index is 2.17. The van der Waals surface area contributed by atoms with Gasteiger partial charge in [-0.3, -0.25) is 0 Å². The number of hydrogen-bond acceptors (Lipinski definition) is 5. The summed E-state index contributed by atoms with van der Waals surface area (Å²) in [4.78, 5) is 10.7. The van der Waals surface area contributed by atoms with Gasteiger partial charge in [0.15, 0.2) is 0 Å². The monoisotopic (exact) mass is 234 g/mol. The summed E-state index contributed by atoms with van der Waals surface area (Å²) in [6.07, 6.45) is 1.68. The Morgan fingerprint density at radius 1 is 1.44 bits per heavy atom. The van der Waals surface area contributed by atoms with Crippen LogP contribution in [0.4, 0.5) is 11.5 Å². The molecule has 0 aliphatic rings. The third-order valence-corrected chi connectivity index (χ3v) is 2.95. The Hall–Kier alpha value is -1.62. The van der Waals surface area contributed by atoms with Crippen LogP contribution in [0.3, 0.4) is 0 Å². The molecule has 2 N–H and O–H groups in total. The molecular weight excluding hydrogens is 220 g/mol. The van der Waals surface area contributed by atoms with Crippen LogP contribution in [0.1, 0.15) is 11.3 Å². The van der Waals surface area contributed by atoms with Crippen LogP contribution < -0.4 is 10.6 Å². The van der Waals surface area contributed by atoms with Gasteiger partial charge in [0.25, 0.3) is 0 Å². The van der Waals surface area contributed by atoms with Gasteiger partial charge in [-0.2, -0.15) is 0 Å². The summed E-state index contributed by atoms with van der Waals surface area (Å²) in [5.41, 5.74) is 10.4. The first-order chi connectivity index (χ1) is 7.66. The summed E-state index contributed by atoms with van der Waals surface area (Å²) in [5.74, 6) is 0.946. The van der Waals surface area contributed by atoms with Gasteiger partial charge in [-0.05, 0) is 18.6 Å². The molecule has 0 atom stereocenters. The lowest BCUT2D eigenvalue weighted by molar-refractivity contribution is 0.868. The molecule has 0 aromatic carbocycles. The number of thiazole rings is 1. The van der Waals surface area contributed by atoms with Crippen molar-refractivity contribution in [2.45, 2.75) is 13.5 Å². The molecule has 0 saturated carbocycles. The predicted octanol–water partition coefficient (Wildman–Crippen LogP) is 2.07. The first kappa shape index (κ1) is 10.9. The van der Waals surface area contributed by atoms with Crippen LogP contribution in [0.2, 0.25) is 0 Å². The number of rotatable bonds is 3. The van der Waals surface area contributed by atoms with Crippen molar-refractivity contribution in [3.63, 3.8) is 0 Å². The van der Waals surface area contributed by atoms with E-state index in [1.54, 1.807) is 17.5 Å². The average Bonchev–Trinajstić information content (AvgIpc) is 2.70. The Bertz CT molecular complexity index is 467. The fourth-order valence-electron chi connectivity index (χ4n) is 1.62. The number of hydrogen-bond donors (Lipinski definition) is 1. The molecule has 0 unspecified atom stereocenters. The molecule has 2 aromatic heterocycles. The number of nitrogens with zero attached hydrogens (tertiary/aromatic N) is 3. The number of aryl methyl sites for hydroxylation is 1. The van der Waals surface area contributed by atoms with Crippen molar-refractivity contribution < 1.29 is 0 Å². The third kappa shape index (κ3) is 2.30. The maximum Gasteiger partial charge on any atom is 0.131 e. The van der Waals surface area contributed by atoms with Crippen molar-refractivity contribution in [3.8, 4) is 0 Å². The van der Waals surface area contributed by atoms with E-state index < -0.39 is 0 Å². The lowest BCUT2D eigenvalue weighted by atomic mass is 10.2. The van der Waals surface area contributed by atoms with Crippen molar-refractivity contribution in [1.29, 1.82) is 0 Å². The zero-order valence-electron chi connectivity index (χ0n) is 9.34. The van der Waals surface area contributed by atoms with Crippen molar-refractivity contribution in [1.82, 2.24) is 9.97 Å². The zero-order chi connectivity index (χ0) is 11.5. The van der Waals surface area contributed by atoms with E-state index in [9.17, 15) is 0 Å². The molecule has 2 aromatic rings. The summed E-state index contributed by atoms with van der Waals surface area (Å²) in [6, 6.07) is 1.93. The van der Waals surface area contributed by atoms with Gasteiger partial charge in [0.1, 0.15) is 5.82 Å². The third-order valence-electron chi connectivity index (χ3n) is 2.32. The fourth-order valence-corrected chi connectivity index (χ4v) is 2.17. The second-order valence-corrected chi connectivity index (χ2v) is 4.46. The Labute approximate surface area is 98.8 Å². The Kier molecular flexibility index (Phi) is 3.05. The molecule has 84 valence electrons. The van der Waals surface area contributed by atoms with E-state index in [0.717, 1.165) is 23.6 Å². The molecule has 4 nitrogen and oxygen atoms in total. The van der Waals surface area contributed by atoms with Crippen LogP contribution in [0.5, 0.6) is 0 Å². The highest BCUT2D eigenvalue weighted by molar-refractivity contribution is 7.07. The Morgan fingerprint density at radius 2 is 2.25 bits per heavy atom. The highest BCUT2D eigenvalue weighted by Crippen LogP contribution is 2.19. The van der Waals surface area contributed by atoms with E-state index in [-0.39, 0.29) is 0 Å². The first-order valence-electron chi connectivity index (χ1n) is 4.97. The predicted molar refractivity (Wildman–Crippen MR) is 67.6 cm³/mol. The summed E-state index contributed by atoms with van der Waals surface area (Å²) >= 11 is 1.61. The molecule has 0 spiro atoms. The summed E-state index contributed by atoms with van der Waals surface area (Å²) in [5, 5.41) is 2.04. The van der Waals surface area contributed by atoms with E-state index in [1.807, 2.05) is 30.9 Å². The number of nitrogen functional groups attached to an aromatic ring is 1. The number of nitrogens with two attached hydrogens (primary N) is 1. The van der Waals surface area contributed by atoms with Gasteiger partial charge < -0.3 is 10.6 Å². The standard InChI is InChI=1S/C11H14N4S/c1-8-3-9(12)4-13-11(8)15(2)5-10-6-16-7-14-10/h3-4,6-7H,5,12H2,1-2H3. The van der Waals surface area contributed by atoms with Crippen LogP contribution in [0.15, 0.2) is 23.2 Å². The van der Waals surface area contributed by atoms with Crippen LogP contribution in [-0.2, 0) is 6.54 Å². The molecule has 5 heteroatoms. The molecule has 0 bridgehead atoms. The minimum atomic E-state index is 0.698. The van der Waals surface area contributed by atoms with Crippen LogP contribution >= 0.6 is 11.3 Å². The number of aromatic nitrogens is 2. The number of pyridine rings is 1. The van der Waals surface area contributed by atoms with E-state index in [1.165, 1.54) is 0 Å². The molecule has 2 rings (SSSR count). The van der Waals surface area contributed by atoms with Gasteiger partial charge >= 0.3 is 0 Å². The second-order valence-electron chi connectivity index (χ2n) is 3.74. The summed E-state index contributed by atoms with van der Waals surface area (Å²) < 4.78 is 0. The zero-order valence-corrected chi connectivity index (χ0v) is 10.2. The van der Waals surface area contributed by atoms with E-state index in [0.29, 0.717) is 5.69 Å². The van der Waals surface area contributed by atoms with Gasteiger partial charge in [0.05, 0.1) is 29.6 Å². The van der Waals surface area contributed by atoms with Gasteiger partial charge in [0, 0.05) is 12.4 Å². The lowest BCUT2D eigenvalue weighted by Crippen LogP contribution is -2.19. The van der Waals surface area contributed by atoms with Gasteiger partial charge in [-0.15, -0.1) is 11.3 Å². The topological polar surface area (TPSA) is 55.0 Å².